The molecule has 2 N–H and O–H groups in total. The van der Waals surface area contributed by atoms with E-state index in [1.54, 1.807) is 0 Å². The molecule has 1 fully saturated rings. The van der Waals surface area contributed by atoms with E-state index in [2.05, 4.69) is 25.6 Å². The fourth-order valence-electron chi connectivity index (χ4n) is 2.18. The lowest BCUT2D eigenvalue weighted by atomic mass is 10.1. The van der Waals surface area contributed by atoms with Crippen LogP contribution in [0.2, 0.25) is 0 Å². The van der Waals surface area contributed by atoms with Crippen molar-refractivity contribution in [1.82, 2.24) is 25.6 Å². The van der Waals surface area contributed by atoms with E-state index in [0.717, 1.165) is 19.6 Å². The van der Waals surface area contributed by atoms with Crippen LogP contribution in [0.3, 0.4) is 0 Å². The molecule has 2 heterocycles. The first-order valence-electron chi connectivity index (χ1n) is 6.14. The van der Waals surface area contributed by atoms with Gasteiger partial charge in [-0.2, -0.15) is 15.4 Å². The van der Waals surface area contributed by atoms with Crippen molar-refractivity contribution in [2.45, 2.75) is 32.2 Å². The summed E-state index contributed by atoms with van der Waals surface area (Å²) in [5.74, 6) is -0.164. The van der Waals surface area contributed by atoms with Gasteiger partial charge < -0.3 is 10.2 Å². The Morgan fingerprint density at radius 3 is 2.94 bits per heavy atom. The molecule has 0 bridgehead atoms. The molecule has 1 aliphatic heterocycles. The Bertz CT molecular complexity index is 345. The summed E-state index contributed by atoms with van der Waals surface area (Å²) in [5.41, 5.74) is 0.343. The summed E-state index contributed by atoms with van der Waals surface area (Å²) in [4.78, 5) is 14.1. The number of nitrogens with one attached hydrogen (secondary N) is 2. The molecule has 6 nitrogen and oxygen atoms in total. The van der Waals surface area contributed by atoms with E-state index in [0.29, 0.717) is 5.69 Å². The molecule has 1 atom stereocenters. The molecule has 1 amide bonds. The maximum atomic E-state index is 11.7. The van der Waals surface area contributed by atoms with E-state index in [1.807, 2.05) is 6.92 Å². The van der Waals surface area contributed by atoms with Crippen LogP contribution >= 0.6 is 0 Å². The molecule has 1 aromatic rings. The summed E-state index contributed by atoms with van der Waals surface area (Å²) in [7, 11) is 0. The summed E-state index contributed by atoms with van der Waals surface area (Å²) in [6.07, 6.45) is 5.30. The number of hydrogen-bond acceptors (Lipinski definition) is 4. The normalized spacial score (nSPS) is 18.9. The number of aromatic amines is 1. The maximum Gasteiger partial charge on any atom is 0.273 e. The van der Waals surface area contributed by atoms with Crippen molar-refractivity contribution in [3.63, 3.8) is 0 Å². The molecule has 0 saturated carbocycles. The van der Waals surface area contributed by atoms with E-state index >= 15 is 0 Å². The smallest absolute Gasteiger partial charge is 0.273 e. The van der Waals surface area contributed by atoms with Crippen molar-refractivity contribution in [3.05, 3.63) is 11.9 Å². The van der Waals surface area contributed by atoms with Gasteiger partial charge in [-0.05, 0) is 32.9 Å². The molecule has 0 aliphatic carbocycles. The van der Waals surface area contributed by atoms with Crippen LogP contribution < -0.4 is 5.32 Å². The quantitative estimate of drug-likeness (QED) is 0.795. The van der Waals surface area contributed by atoms with Gasteiger partial charge in [-0.15, -0.1) is 0 Å². The summed E-state index contributed by atoms with van der Waals surface area (Å²) in [5, 5.41) is 12.7. The zero-order chi connectivity index (χ0) is 12.1. The first-order chi connectivity index (χ1) is 8.25. The average Bonchev–Trinajstić information content (AvgIpc) is 2.83. The van der Waals surface area contributed by atoms with E-state index in [9.17, 15) is 4.79 Å². The lowest BCUT2D eigenvalue weighted by Crippen LogP contribution is -2.43. The number of aromatic nitrogens is 3. The number of piperidine rings is 1. The number of hydrogen-bond donors (Lipinski definition) is 2. The molecular formula is C11H19N5O. The zero-order valence-corrected chi connectivity index (χ0v) is 10.1. The first kappa shape index (κ1) is 12.0. The van der Waals surface area contributed by atoms with E-state index < -0.39 is 0 Å². The SMILES string of the molecule is CC(CN1CCCCC1)NC(=O)c1cn[nH]n1. The van der Waals surface area contributed by atoms with E-state index in [4.69, 9.17) is 0 Å². The van der Waals surface area contributed by atoms with Crippen molar-refractivity contribution < 1.29 is 4.79 Å². The summed E-state index contributed by atoms with van der Waals surface area (Å²) in [6, 6.07) is 0.136. The van der Waals surface area contributed by atoms with E-state index in [1.165, 1.54) is 25.5 Å². The van der Waals surface area contributed by atoms with Gasteiger partial charge in [0, 0.05) is 12.6 Å². The highest BCUT2D eigenvalue weighted by molar-refractivity contribution is 5.91. The third-order valence-electron chi connectivity index (χ3n) is 3.01. The Balaban J connectivity index is 1.76. The Morgan fingerprint density at radius 2 is 2.29 bits per heavy atom. The van der Waals surface area contributed by atoms with Crippen molar-refractivity contribution >= 4 is 5.91 Å². The molecule has 6 heteroatoms. The third kappa shape index (κ3) is 3.52. The first-order valence-corrected chi connectivity index (χ1v) is 6.14. The van der Waals surface area contributed by atoms with Gasteiger partial charge in [0.15, 0.2) is 5.69 Å². The Morgan fingerprint density at radius 1 is 1.53 bits per heavy atom. The topological polar surface area (TPSA) is 73.9 Å². The van der Waals surface area contributed by atoms with Gasteiger partial charge >= 0.3 is 0 Å². The van der Waals surface area contributed by atoms with E-state index in [-0.39, 0.29) is 11.9 Å². The highest BCUT2D eigenvalue weighted by Gasteiger charge is 2.16. The molecule has 1 unspecified atom stereocenters. The van der Waals surface area contributed by atoms with Gasteiger partial charge in [0.05, 0.1) is 6.20 Å². The second-order valence-electron chi connectivity index (χ2n) is 4.59. The molecule has 0 radical (unpaired) electrons. The minimum atomic E-state index is -0.164. The molecule has 0 aromatic carbocycles. The maximum absolute atomic E-state index is 11.7. The molecule has 1 aliphatic rings. The Kier molecular flexibility index (Phi) is 4.08. The van der Waals surface area contributed by atoms with Crippen molar-refractivity contribution in [1.29, 1.82) is 0 Å². The van der Waals surface area contributed by atoms with Crippen LogP contribution in [0.15, 0.2) is 6.20 Å². The van der Waals surface area contributed by atoms with Gasteiger partial charge in [0.25, 0.3) is 5.91 Å². The molecule has 17 heavy (non-hydrogen) atoms. The molecule has 0 spiro atoms. The van der Waals surface area contributed by atoms with Gasteiger partial charge in [-0.25, -0.2) is 0 Å². The summed E-state index contributed by atoms with van der Waals surface area (Å²) >= 11 is 0. The second kappa shape index (κ2) is 5.77. The number of likely N-dealkylation sites (tertiary alicyclic amines) is 1. The number of nitrogens with zero attached hydrogens (tertiary/aromatic N) is 3. The molecule has 94 valence electrons. The Hall–Kier alpha value is -1.43. The average molecular weight is 237 g/mol. The van der Waals surface area contributed by atoms with Crippen molar-refractivity contribution in [2.75, 3.05) is 19.6 Å². The summed E-state index contributed by atoms with van der Waals surface area (Å²) < 4.78 is 0. The Labute approximate surface area is 101 Å². The van der Waals surface area contributed by atoms with Crippen LogP contribution in [0.4, 0.5) is 0 Å². The summed E-state index contributed by atoms with van der Waals surface area (Å²) in [6.45, 7) is 5.21. The van der Waals surface area contributed by atoms with Gasteiger partial charge in [-0.1, -0.05) is 6.42 Å². The zero-order valence-electron chi connectivity index (χ0n) is 10.1. The molecule has 2 rings (SSSR count). The monoisotopic (exact) mass is 237 g/mol. The fourth-order valence-corrected chi connectivity index (χ4v) is 2.18. The number of amides is 1. The lowest BCUT2D eigenvalue weighted by molar-refractivity contribution is 0.0920. The van der Waals surface area contributed by atoms with Crippen molar-refractivity contribution in [3.8, 4) is 0 Å². The minimum absolute atomic E-state index is 0.136. The fraction of sp³-hybridized carbons (Fsp3) is 0.727. The van der Waals surface area contributed by atoms with Gasteiger partial charge in [0.1, 0.15) is 0 Å². The largest absolute Gasteiger partial charge is 0.347 e. The highest BCUT2D eigenvalue weighted by Crippen LogP contribution is 2.08. The standard InChI is InChI=1S/C11H19N5O/c1-9(8-16-5-3-2-4-6-16)13-11(17)10-7-12-15-14-10/h7,9H,2-6,8H2,1H3,(H,13,17)(H,12,14,15). The predicted molar refractivity (Wildman–Crippen MR) is 63.6 cm³/mol. The van der Waals surface area contributed by atoms with Gasteiger partial charge in [0.2, 0.25) is 0 Å². The van der Waals surface area contributed by atoms with Crippen LogP contribution in [0.1, 0.15) is 36.7 Å². The van der Waals surface area contributed by atoms with Crippen LogP contribution in [-0.4, -0.2) is 51.9 Å². The van der Waals surface area contributed by atoms with Crippen LogP contribution in [0.25, 0.3) is 0 Å². The van der Waals surface area contributed by atoms with Crippen LogP contribution in [0, 0.1) is 0 Å². The number of carbonyl (C=O) groups is 1. The predicted octanol–water partition coefficient (Wildman–Crippen LogP) is 0.409. The number of carbonyl (C=O) groups excluding carboxylic acids is 1. The third-order valence-corrected chi connectivity index (χ3v) is 3.01. The van der Waals surface area contributed by atoms with Crippen LogP contribution in [0.5, 0.6) is 0 Å². The highest BCUT2D eigenvalue weighted by atomic mass is 16.2. The molecule has 1 aromatic heterocycles. The van der Waals surface area contributed by atoms with Gasteiger partial charge in [-0.3, -0.25) is 4.79 Å². The lowest BCUT2D eigenvalue weighted by Gasteiger charge is -2.29. The molecule has 1 saturated heterocycles. The molecular weight excluding hydrogens is 218 g/mol. The second-order valence-corrected chi connectivity index (χ2v) is 4.59. The van der Waals surface area contributed by atoms with Crippen LogP contribution in [-0.2, 0) is 0 Å². The number of H-pyrrole nitrogens is 1. The number of rotatable bonds is 4. The minimum Gasteiger partial charge on any atom is -0.347 e. The van der Waals surface area contributed by atoms with Crippen molar-refractivity contribution in [2.24, 2.45) is 0 Å².